The molecule has 0 bridgehead atoms. The van der Waals surface area contributed by atoms with Gasteiger partial charge in [0.2, 0.25) is 0 Å². The molecular weight excluding hydrogens is 381 g/mol. The van der Waals surface area contributed by atoms with Gasteiger partial charge in [0.15, 0.2) is 0 Å². The van der Waals surface area contributed by atoms with Gasteiger partial charge in [-0.3, -0.25) is 4.79 Å². The van der Waals surface area contributed by atoms with E-state index in [0.717, 1.165) is 5.56 Å². The molecule has 0 spiro atoms. The average Bonchev–Trinajstić information content (AvgIpc) is 2.16. The van der Waals surface area contributed by atoms with Crippen molar-refractivity contribution in [2.45, 2.75) is 18.2 Å². The first kappa shape index (κ1) is 13.0. The molecule has 0 aliphatic heterocycles. The maximum absolute atomic E-state index is 12.4. The molecule has 1 aromatic carbocycles. The highest BCUT2D eigenvalue weighted by atomic mass is 127. The fourth-order valence-electron chi connectivity index (χ4n) is 1.10. The van der Waals surface area contributed by atoms with Crippen LogP contribution in [-0.4, -0.2) is 5.78 Å². The number of ketones is 1. The molecule has 5 heteroatoms. The van der Waals surface area contributed by atoms with Crippen molar-refractivity contribution in [1.29, 1.82) is 0 Å². The summed E-state index contributed by atoms with van der Waals surface area (Å²) in [6.45, 7) is 1.45. The Hall–Kier alpha value is -0.0400. The van der Waals surface area contributed by atoms with Crippen molar-refractivity contribution < 1.29 is 13.6 Å². The summed E-state index contributed by atoms with van der Waals surface area (Å²) >= 11 is 5.17. The van der Waals surface area contributed by atoms with E-state index in [1.807, 2.05) is 22.6 Å². The molecule has 1 unspecified atom stereocenters. The molecule has 0 aromatic heterocycles. The van der Waals surface area contributed by atoms with Crippen LogP contribution in [0.25, 0.3) is 0 Å². The summed E-state index contributed by atoms with van der Waals surface area (Å²) in [4.78, 5) is 10.7. The number of hydrogen-bond acceptors (Lipinski definition) is 1. The lowest BCUT2D eigenvalue weighted by Crippen LogP contribution is -2.03. The molecule has 1 aromatic rings. The molecule has 0 N–H and O–H groups in total. The molecule has 0 radical (unpaired) electrons. The van der Waals surface area contributed by atoms with Crippen LogP contribution in [0.15, 0.2) is 18.2 Å². The van der Waals surface area contributed by atoms with Gasteiger partial charge in [0.25, 0.3) is 6.43 Å². The summed E-state index contributed by atoms with van der Waals surface area (Å²) in [6, 6.07) is 4.31. The highest BCUT2D eigenvalue weighted by Crippen LogP contribution is 2.30. The van der Waals surface area contributed by atoms with Crippen LogP contribution in [0.1, 0.15) is 29.3 Å². The van der Waals surface area contributed by atoms with Crippen molar-refractivity contribution in [3.8, 4) is 0 Å². The van der Waals surface area contributed by atoms with E-state index < -0.39 is 11.3 Å². The van der Waals surface area contributed by atoms with E-state index in [2.05, 4.69) is 15.9 Å². The minimum absolute atomic E-state index is 0.0218. The van der Waals surface area contributed by atoms with Crippen molar-refractivity contribution in [2.75, 3.05) is 0 Å². The predicted octanol–water partition coefficient (Wildman–Crippen LogP) is 4.25. The average molecular weight is 389 g/mol. The first-order chi connectivity index (χ1) is 6.93. The minimum Gasteiger partial charge on any atom is -0.298 e. The lowest BCUT2D eigenvalue weighted by Gasteiger charge is -2.10. The molecule has 1 atom stereocenters. The van der Waals surface area contributed by atoms with E-state index in [9.17, 15) is 13.6 Å². The van der Waals surface area contributed by atoms with Crippen LogP contribution in [0.3, 0.4) is 0 Å². The number of rotatable bonds is 3. The van der Waals surface area contributed by atoms with Crippen LogP contribution in [0.2, 0.25) is 0 Å². The first-order valence-electron chi connectivity index (χ1n) is 4.15. The van der Waals surface area contributed by atoms with Crippen LogP contribution in [0.5, 0.6) is 0 Å². The predicted molar refractivity (Wildman–Crippen MR) is 66.5 cm³/mol. The Morgan fingerprint density at radius 3 is 2.47 bits per heavy atom. The maximum Gasteiger partial charge on any atom is 0.263 e. The number of carbonyl (C=O) groups is 1. The molecular formula is C10H8BrF2IO. The van der Waals surface area contributed by atoms with E-state index in [-0.39, 0.29) is 11.3 Å². The Morgan fingerprint density at radius 2 is 2.07 bits per heavy atom. The zero-order valence-electron chi connectivity index (χ0n) is 7.81. The summed E-state index contributed by atoms with van der Waals surface area (Å²) in [7, 11) is 0. The Balaban J connectivity index is 3.08. The number of alkyl halides is 3. The molecule has 0 fully saturated rings. The van der Waals surface area contributed by atoms with Crippen molar-refractivity contribution in [3.05, 3.63) is 32.9 Å². The van der Waals surface area contributed by atoms with Gasteiger partial charge in [-0.25, -0.2) is 8.78 Å². The number of hydrogen-bond donors (Lipinski definition) is 0. The molecule has 0 amide bonds. The monoisotopic (exact) mass is 388 g/mol. The van der Waals surface area contributed by atoms with Gasteiger partial charge in [-0.1, -0.05) is 28.1 Å². The van der Waals surface area contributed by atoms with Gasteiger partial charge in [-0.2, -0.15) is 0 Å². The fourth-order valence-corrected chi connectivity index (χ4v) is 2.78. The Morgan fingerprint density at radius 1 is 1.47 bits per heavy atom. The Kier molecular flexibility index (Phi) is 4.64. The molecule has 1 rings (SSSR count). The molecule has 1 nitrogen and oxygen atoms in total. The summed E-state index contributed by atoms with van der Waals surface area (Å²) in [5.74, 6) is -0.0438. The van der Waals surface area contributed by atoms with Crippen LogP contribution in [0, 0.1) is 3.57 Å². The number of halogens is 4. The third-order valence-electron chi connectivity index (χ3n) is 1.91. The molecule has 82 valence electrons. The largest absolute Gasteiger partial charge is 0.298 e. The highest BCUT2D eigenvalue weighted by molar-refractivity contribution is 14.1. The molecule has 0 aliphatic rings. The van der Waals surface area contributed by atoms with Crippen molar-refractivity contribution in [1.82, 2.24) is 0 Å². The summed E-state index contributed by atoms with van der Waals surface area (Å²) < 4.78 is 25.4. The molecule has 0 saturated carbocycles. The second-order valence-corrected chi connectivity index (χ2v) is 5.13. The van der Waals surface area contributed by atoms with Crippen molar-refractivity contribution in [2.24, 2.45) is 0 Å². The van der Waals surface area contributed by atoms with Crippen molar-refractivity contribution in [3.63, 3.8) is 0 Å². The lowest BCUT2D eigenvalue weighted by atomic mass is 10.1. The zero-order chi connectivity index (χ0) is 11.6. The Labute approximate surface area is 109 Å². The third-order valence-corrected chi connectivity index (χ3v) is 3.98. The van der Waals surface area contributed by atoms with Gasteiger partial charge >= 0.3 is 0 Å². The second kappa shape index (κ2) is 5.34. The summed E-state index contributed by atoms with van der Waals surface area (Å²) in [6.07, 6.45) is -2.47. The van der Waals surface area contributed by atoms with E-state index in [1.54, 1.807) is 6.07 Å². The van der Waals surface area contributed by atoms with Gasteiger partial charge in [-0.05, 0) is 41.1 Å². The first-order valence-corrected chi connectivity index (χ1v) is 6.15. The lowest BCUT2D eigenvalue weighted by molar-refractivity contribution is -0.116. The second-order valence-electron chi connectivity index (χ2n) is 3.05. The molecule has 0 heterocycles. The van der Waals surface area contributed by atoms with Crippen LogP contribution >= 0.6 is 38.5 Å². The molecule has 0 aliphatic carbocycles. The van der Waals surface area contributed by atoms with Gasteiger partial charge in [-0.15, -0.1) is 0 Å². The maximum atomic E-state index is 12.4. The van der Waals surface area contributed by atoms with Crippen LogP contribution in [-0.2, 0) is 4.79 Å². The van der Waals surface area contributed by atoms with Crippen LogP contribution < -0.4 is 0 Å². The number of benzene rings is 1. The SMILES string of the molecule is CC(=O)C(Br)c1ccc(C(F)F)cc1I. The standard InChI is InChI=1S/C10H8BrF2IO/c1-5(15)9(11)7-3-2-6(10(12)13)4-8(7)14/h2-4,9-10H,1H3. The minimum atomic E-state index is -2.47. The van der Waals surface area contributed by atoms with Gasteiger partial charge in [0.1, 0.15) is 5.78 Å². The summed E-state index contributed by atoms with van der Waals surface area (Å²) in [5, 5.41) is 0. The number of Topliss-reactive ketones (excluding diaryl/α,β-unsaturated/α-hetero) is 1. The van der Waals surface area contributed by atoms with E-state index in [1.165, 1.54) is 19.1 Å². The van der Waals surface area contributed by atoms with Gasteiger partial charge in [0, 0.05) is 9.13 Å². The normalized spacial score (nSPS) is 12.9. The van der Waals surface area contributed by atoms with E-state index >= 15 is 0 Å². The third kappa shape index (κ3) is 3.21. The zero-order valence-corrected chi connectivity index (χ0v) is 11.6. The summed E-state index contributed by atoms with van der Waals surface area (Å²) in [5.41, 5.74) is 0.707. The number of carbonyl (C=O) groups excluding carboxylic acids is 1. The van der Waals surface area contributed by atoms with E-state index in [0.29, 0.717) is 3.57 Å². The van der Waals surface area contributed by atoms with Crippen LogP contribution in [0.4, 0.5) is 8.78 Å². The fraction of sp³-hybridized carbons (Fsp3) is 0.300. The molecule has 15 heavy (non-hydrogen) atoms. The smallest absolute Gasteiger partial charge is 0.263 e. The molecule has 0 saturated heterocycles. The van der Waals surface area contributed by atoms with Gasteiger partial charge in [0.05, 0.1) is 4.83 Å². The highest BCUT2D eigenvalue weighted by Gasteiger charge is 2.17. The van der Waals surface area contributed by atoms with E-state index in [4.69, 9.17) is 0 Å². The Bertz CT molecular complexity index is 382. The van der Waals surface area contributed by atoms with Crippen molar-refractivity contribution >= 4 is 44.3 Å². The topological polar surface area (TPSA) is 17.1 Å². The van der Waals surface area contributed by atoms with Gasteiger partial charge < -0.3 is 0 Å². The quantitative estimate of drug-likeness (QED) is 0.558.